The van der Waals surface area contributed by atoms with Crippen LogP contribution in [-0.4, -0.2) is 39.6 Å². The Labute approximate surface area is 199 Å². The lowest BCUT2D eigenvalue weighted by atomic mass is 9.78. The van der Waals surface area contributed by atoms with Crippen LogP contribution in [0.5, 0.6) is 0 Å². The van der Waals surface area contributed by atoms with Gasteiger partial charge in [0.15, 0.2) is 0 Å². The average molecular weight is 448 g/mol. The van der Waals surface area contributed by atoms with Crippen molar-refractivity contribution in [2.75, 3.05) is 20.1 Å². The van der Waals surface area contributed by atoms with Crippen molar-refractivity contribution in [3.8, 4) is 0 Å². The molecule has 0 amide bonds. The highest BCUT2D eigenvalue weighted by Gasteiger charge is 2.47. The molecule has 4 nitrogen and oxygen atoms in total. The number of hydrogen-bond acceptors (Lipinski definition) is 1. The van der Waals surface area contributed by atoms with Crippen LogP contribution in [0.4, 0.5) is 0 Å². The van der Waals surface area contributed by atoms with Gasteiger partial charge in [-0.1, -0.05) is 42.5 Å². The van der Waals surface area contributed by atoms with E-state index in [-0.39, 0.29) is 0 Å². The average Bonchev–Trinajstić information content (AvgIpc) is 3.43. The fourth-order valence-corrected chi connectivity index (χ4v) is 6.90. The Morgan fingerprint density at radius 2 is 1.74 bits per heavy atom. The Morgan fingerprint density at radius 1 is 0.971 bits per heavy atom. The van der Waals surface area contributed by atoms with E-state index in [1.165, 1.54) is 50.6 Å². The smallest absolute Gasteiger partial charge is 0.131 e. The first-order valence-electron chi connectivity index (χ1n) is 12.6. The summed E-state index contributed by atoms with van der Waals surface area (Å²) in [5.41, 5.74) is 9.51. The van der Waals surface area contributed by atoms with Crippen LogP contribution < -0.4 is 0 Å². The van der Waals surface area contributed by atoms with Crippen LogP contribution in [-0.2, 0) is 12.8 Å². The minimum Gasteiger partial charge on any atom is -0.353 e. The fraction of sp³-hybridized carbons (Fsp3) is 0.300. The van der Waals surface area contributed by atoms with Gasteiger partial charge in [0.1, 0.15) is 12.6 Å². The van der Waals surface area contributed by atoms with Crippen molar-refractivity contribution < 1.29 is 4.48 Å². The number of allylic oxidation sites excluding steroid dienone is 1. The maximum atomic E-state index is 4.89. The molecule has 2 N–H and O–H groups in total. The summed E-state index contributed by atoms with van der Waals surface area (Å²) in [6.45, 7) is 4.56. The fourth-order valence-electron chi connectivity index (χ4n) is 6.90. The van der Waals surface area contributed by atoms with Crippen LogP contribution in [0.1, 0.15) is 36.3 Å². The van der Waals surface area contributed by atoms with Crippen LogP contribution in [0.25, 0.3) is 32.7 Å². The summed E-state index contributed by atoms with van der Waals surface area (Å²) in [7, 11) is 2.47. The number of hydrogen-bond donors (Lipinski definition) is 2. The van der Waals surface area contributed by atoms with E-state index in [9.17, 15) is 0 Å². The molecular formula is C30H31N4+. The molecule has 3 aromatic heterocycles. The normalized spacial score (nSPS) is 25.8. The van der Waals surface area contributed by atoms with Gasteiger partial charge in [-0.15, -0.1) is 0 Å². The van der Waals surface area contributed by atoms with Crippen molar-refractivity contribution >= 4 is 32.7 Å². The first-order valence-corrected chi connectivity index (χ1v) is 12.6. The molecule has 7 rings (SSSR count). The van der Waals surface area contributed by atoms with Gasteiger partial charge in [0, 0.05) is 46.2 Å². The van der Waals surface area contributed by atoms with E-state index >= 15 is 0 Å². The van der Waals surface area contributed by atoms with Crippen LogP contribution >= 0.6 is 0 Å². The monoisotopic (exact) mass is 447 g/mol. The zero-order valence-corrected chi connectivity index (χ0v) is 19.9. The number of piperidine rings is 1. The lowest BCUT2D eigenvalue weighted by Gasteiger charge is -2.50. The third-order valence-electron chi connectivity index (χ3n) is 8.70. The van der Waals surface area contributed by atoms with Gasteiger partial charge in [-0.3, -0.25) is 4.98 Å². The summed E-state index contributed by atoms with van der Waals surface area (Å²) in [4.78, 5) is 12.4. The van der Waals surface area contributed by atoms with Crippen molar-refractivity contribution in [2.45, 2.75) is 32.2 Å². The third kappa shape index (κ3) is 2.85. The van der Waals surface area contributed by atoms with Crippen LogP contribution in [0.3, 0.4) is 0 Å². The van der Waals surface area contributed by atoms with Gasteiger partial charge in [-0.05, 0) is 48.6 Å². The van der Waals surface area contributed by atoms with Gasteiger partial charge in [0.2, 0.25) is 0 Å². The maximum Gasteiger partial charge on any atom is 0.131 e. The van der Waals surface area contributed by atoms with Gasteiger partial charge in [-0.2, -0.15) is 0 Å². The molecule has 0 unspecified atom stereocenters. The van der Waals surface area contributed by atoms with Crippen LogP contribution in [0, 0.1) is 5.92 Å². The molecule has 1 saturated heterocycles. The van der Waals surface area contributed by atoms with E-state index in [0.717, 1.165) is 30.3 Å². The first kappa shape index (κ1) is 20.0. The number of likely N-dealkylation sites (N-methyl/N-ethyl adjacent to an activating group) is 1. The number of H-pyrrole nitrogens is 2. The van der Waals surface area contributed by atoms with Gasteiger partial charge in [-0.25, -0.2) is 0 Å². The number of para-hydroxylation sites is 2. The Balaban J connectivity index is 1.30. The van der Waals surface area contributed by atoms with Crippen molar-refractivity contribution in [3.05, 3.63) is 89.4 Å². The van der Waals surface area contributed by atoms with E-state index in [4.69, 9.17) is 4.98 Å². The summed E-state index contributed by atoms with van der Waals surface area (Å²) in [6, 6.07) is 20.1. The van der Waals surface area contributed by atoms with Crippen molar-refractivity contribution in [1.29, 1.82) is 0 Å². The van der Waals surface area contributed by atoms with Gasteiger partial charge in [0.05, 0.1) is 30.5 Å². The summed E-state index contributed by atoms with van der Waals surface area (Å²) < 4.78 is 1.11. The number of aromatic nitrogens is 3. The number of nitrogens with one attached hydrogen (secondary N) is 2. The molecule has 5 heterocycles. The van der Waals surface area contributed by atoms with Gasteiger partial charge in [0.25, 0.3) is 0 Å². The van der Waals surface area contributed by atoms with Crippen molar-refractivity contribution in [1.82, 2.24) is 15.0 Å². The third-order valence-corrected chi connectivity index (χ3v) is 8.70. The van der Waals surface area contributed by atoms with Crippen LogP contribution in [0.15, 0.2) is 72.4 Å². The molecule has 0 radical (unpaired) electrons. The quantitative estimate of drug-likeness (QED) is 0.237. The Hall–Kier alpha value is -3.37. The SMILES string of the molecule is C/C=C1/C[N@+]2(C)CCc3c([nH]c4ccccc34)[C@@H]2C[C@@H]1Cc1nccc2c1[nH]c1ccccc12. The number of nitrogens with zero attached hydrogens (tertiary/aromatic N) is 2. The predicted molar refractivity (Wildman–Crippen MR) is 140 cm³/mol. The zero-order chi connectivity index (χ0) is 22.9. The zero-order valence-electron chi connectivity index (χ0n) is 19.9. The summed E-state index contributed by atoms with van der Waals surface area (Å²) in [5.74, 6) is 0.503. The molecule has 0 aliphatic carbocycles. The highest BCUT2D eigenvalue weighted by atomic mass is 15.4. The lowest BCUT2D eigenvalue weighted by Crippen LogP contribution is -2.56. The summed E-state index contributed by atoms with van der Waals surface area (Å²) in [5, 5.41) is 3.99. The summed E-state index contributed by atoms with van der Waals surface area (Å²) >= 11 is 0. The highest BCUT2D eigenvalue weighted by molar-refractivity contribution is 6.07. The van der Waals surface area contributed by atoms with Crippen molar-refractivity contribution in [2.24, 2.45) is 5.92 Å². The Morgan fingerprint density at radius 3 is 2.56 bits per heavy atom. The number of rotatable bonds is 2. The van der Waals surface area contributed by atoms with E-state index in [1.807, 2.05) is 6.20 Å². The minimum atomic E-state index is 0.503. The second-order valence-electron chi connectivity index (χ2n) is 10.5. The predicted octanol–water partition coefficient (Wildman–Crippen LogP) is 6.45. The Kier molecular flexibility index (Phi) is 4.31. The van der Waals surface area contributed by atoms with Crippen molar-refractivity contribution in [3.63, 3.8) is 0 Å². The van der Waals surface area contributed by atoms with E-state index in [0.29, 0.717) is 12.0 Å². The Bertz CT molecular complexity index is 1590. The molecule has 1 fully saturated rings. The number of aromatic amines is 2. The lowest BCUT2D eigenvalue weighted by molar-refractivity contribution is -0.942. The second kappa shape index (κ2) is 7.31. The number of quaternary nitrogens is 1. The molecule has 5 aromatic rings. The molecule has 4 heteroatoms. The molecule has 0 saturated carbocycles. The van der Waals surface area contributed by atoms with Crippen LogP contribution in [0.2, 0.25) is 0 Å². The first-order chi connectivity index (χ1) is 16.6. The van der Waals surface area contributed by atoms with Gasteiger partial charge < -0.3 is 14.5 Å². The molecule has 0 bridgehead atoms. The molecular weight excluding hydrogens is 416 g/mol. The standard InChI is InChI=1S/C30H31N4/c1-3-19-18-34(2)15-13-24-22-9-5-7-11-26(22)33-30(24)28(34)17-20(19)16-27-29-23(12-14-31-27)21-8-4-6-10-25(21)32-29/h3-12,14,20,28,32-33H,13,15-18H2,1-2H3/q+1/b19-3-/t20-,28-,34-/m0/s1. The maximum absolute atomic E-state index is 4.89. The molecule has 2 aliphatic rings. The van der Waals surface area contributed by atoms with E-state index in [2.05, 4.69) is 84.6 Å². The molecule has 2 aromatic carbocycles. The molecule has 2 aliphatic heterocycles. The summed E-state index contributed by atoms with van der Waals surface area (Å²) in [6.07, 6.45) is 7.68. The van der Waals surface area contributed by atoms with E-state index in [1.54, 1.807) is 11.1 Å². The van der Waals surface area contributed by atoms with E-state index < -0.39 is 0 Å². The molecule has 3 atom stereocenters. The largest absolute Gasteiger partial charge is 0.353 e. The van der Waals surface area contributed by atoms with Gasteiger partial charge >= 0.3 is 0 Å². The topological polar surface area (TPSA) is 44.5 Å². The molecule has 170 valence electrons. The molecule has 0 spiro atoms. The molecule has 34 heavy (non-hydrogen) atoms. The number of benzene rings is 2. The number of pyridine rings is 1. The highest BCUT2D eigenvalue weighted by Crippen LogP contribution is 2.47. The minimum absolute atomic E-state index is 0.503. The number of fused-ring (bicyclic) bond motifs is 8. The second-order valence-corrected chi connectivity index (χ2v) is 10.5.